The highest BCUT2D eigenvalue weighted by Gasteiger charge is 2.52. The Morgan fingerprint density at radius 3 is 1.83 bits per heavy atom. The Hall–Kier alpha value is -2.64. The van der Waals surface area contributed by atoms with E-state index in [0.29, 0.717) is 6.61 Å². The van der Waals surface area contributed by atoms with Gasteiger partial charge in [-0.05, 0) is 72.0 Å². The Morgan fingerprint density at radius 2 is 1.32 bits per heavy atom. The molecule has 0 bridgehead atoms. The lowest BCUT2D eigenvalue weighted by Gasteiger charge is -2.44. The van der Waals surface area contributed by atoms with Crippen molar-refractivity contribution in [3.05, 3.63) is 90.6 Å². The molecule has 1 fully saturated rings. The van der Waals surface area contributed by atoms with Crippen LogP contribution in [0, 0.1) is 5.41 Å². The van der Waals surface area contributed by atoms with Gasteiger partial charge in [0.15, 0.2) is 0 Å². The van der Waals surface area contributed by atoms with Crippen molar-refractivity contribution in [3.8, 4) is 0 Å². The molecule has 1 aliphatic heterocycles. The van der Waals surface area contributed by atoms with Crippen molar-refractivity contribution in [3.63, 3.8) is 0 Å². The summed E-state index contributed by atoms with van der Waals surface area (Å²) in [6.07, 6.45) is 3.04. The number of rotatable bonds is 8. The largest absolute Gasteiger partial charge is 0.494 e. The maximum absolute atomic E-state index is 7.33. The van der Waals surface area contributed by atoms with E-state index in [1.165, 1.54) is 21.3 Å². The lowest BCUT2D eigenvalue weighted by atomic mass is 9.78. The standard InChI is InChI=1S/C35H46BNO3Si/c1-32(2,3)41(28-16-12-10-13-17-28,29-18-14-11-15-19-29)38-25-33(4,5)23-26-24-37-31-21-20-27(22-30(26)31)36-39-34(6,7)35(8,9)40-36/h10-22,24,37H,23,25H2,1-9H3. The summed E-state index contributed by atoms with van der Waals surface area (Å²) in [5.41, 5.74) is 2.64. The molecule has 0 unspecified atom stereocenters. The van der Waals surface area contributed by atoms with Gasteiger partial charge in [-0.3, -0.25) is 0 Å². The van der Waals surface area contributed by atoms with Crippen LogP contribution in [-0.4, -0.2) is 38.2 Å². The van der Waals surface area contributed by atoms with Crippen LogP contribution in [0.15, 0.2) is 85.1 Å². The molecule has 0 atom stereocenters. The first-order valence-corrected chi connectivity index (χ1v) is 16.8. The third-order valence-electron chi connectivity index (χ3n) is 9.08. The topological polar surface area (TPSA) is 43.5 Å². The Balaban J connectivity index is 1.44. The predicted molar refractivity (Wildman–Crippen MR) is 175 cm³/mol. The molecule has 216 valence electrons. The van der Waals surface area contributed by atoms with Gasteiger partial charge in [0, 0.05) is 23.7 Å². The molecule has 0 saturated carbocycles. The van der Waals surface area contributed by atoms with Crippen LogP contribution in [-0.2, 0) is 20.2 Å². The first-order valence-electron chi connectivity index (χ1n) is 14.9. The van der Waals surface area contributed by atoms with E-state index >= 15 is 0 Å². The molecule has 0 radical (unpaired) electrons. The maximum atomic E-state index is 7.33. The lowest BCUT2D eigenvalue weighted by molar-refractivity contribution is 0.00578. The second kappa shape index (κ2) is 10.6. The first-order chi connectivity index (χ1) is 19.2. The number of nitrogens with one attached hydrogen (secondary N) is 1. The summed E-state index contributed by atoms with van der Waals surface area (Å²) in [5, 5.41) is 3.79. The van der Waals surface area contributed by atoms with Crippen LogP contribution < -0.4 is 15.8 Å². The van der Waals surface area contributed by atoms with Crippen molar-refractivity contribution in [1.82, 2.24) is 4.98 Å². The van der Waals surface area contributed by atoms with Crippen LogP contribution in [0.25, 0.3) is 10.9 Å². The molecule has 0 amide bonds. The number of H-pyrrole nitrogens is 1. The van der Waals surface area contributed by atoms with Crippen LogP contribution in [0.1, 0.15) is 67.9 Å². The van der Waals surface area contributed by atoms with Crippen LogP contribution in [0.5, 0.6) is 0 Å². The fraction of sp³-hybridized carbons (Fsp3) is 0.429. The smallest absolute Gasteiger partial charge is 0.407 e. The number of hydrogen-bond acceptors (Lipinski definition) is 3. The van der Waals surface area contributed by atoms with E-state index in [-0.39, 0.29) is 28.8 Å². The Labute approximate surface area is 248 Å². The highest BCUT2D eigenvalue weighted by Crippen LogP contribution is 2.39. The minimum Gasteiger partial charge on any atom is -0.407 e. The van der Waals surface area contributed by atoms with Gasteiger partial charge in [-0.15, -0.1) is 0 Å². The van der Waals surface area contributed by atoms with Crippen molar-refractivity contribution in [2.24, 2.45) is 5.41 Å². The molecule has 1 aliphatic rings. The molecular weight excluding hydrogens is 521 g/mol. The molecule has 1 aromatic heterocycles. The number of hydrogen-bond donors (Lipinski definition) is 1. The van der Waals surface area contributed by atoms with E-state index in [2.05, 4.69) is 152 Å². The van der Waals surface area contributed by atoms with E-state index < -0.39 is 8.32 Å². The van der Waals surface area contributed by atoms with Gasteiger partial charge in [0.25, 0.3) is 8.32 Å². The average molecular weight is 568 g/mol. The molecule has 4 aromatic rings. The van der Waals surface area contributed by atoms with Crippen molar-refractivity contribution in [2.45, 2.75) is 85.0 Å². The Morgan fingerprint density at radius 1 is 0.780 bits per heavy atom. The van der Waals surface area contributed by atoms with E-state index in [1.54, 1.807) is 0 Å². The summed E-state index contributed by atoms with van der Waals surface area (Å²) in [5.74, 6) is 0. The summed E-state index contributed by atoms with van der Waals surface area (Å²) in [4.78, 5) is 3.50. The van der Waals surface area contributed by atoms with Crippen molar-refractivity contribution >= 4 is 42.2 Å². The zero-order valence-corrected chi connectivity index (χ0v) is 27.3. The second-order valence-corrected chi connectivity index (χ2v) is 18.8. The zero-order valence-electron chi connectivity index (χ0n) is 26.3. The van der Waals surface area contributed by atoms with Gasteiger partial charge in [0.05, 0.1) is 11.2 Å². The van der Waals surface area contributed by atoms with Gasteiger partial charge in [0.2, 0.25) is 0 Å². The minimum absolute atomic E-state index is 0.0513. The lowest BCUT2D eigenvalue weighted by Crippen LogP contribution is -2.67. The van der Waals surface area contributed by atoms with Crippen LogP contribution in [0.2, 0.25) is 5.04 Å². The summed E-state index contributed by atoms with van der Waals surface area (Å²) in [6, 6.07) is 28.3. The minimum atomic E-state index is -2.61. The summed E-state index contributed by atoms with van der Waals surface area (Å²) < 4.78 is 20.1. The van der Waals surface area contributed by atoms with Crippen LogP contribution in [0.3, 0.4) is 0 Å². The summed E-state index contributed by atoms with van der Waals surface area (Å²) in [6.45, 7) is 20.7. The second-order valence-electron chi connectivity index (χ2n) is 14.5. The number of aromatic amines is 1. The highest BCUT2D eigenvalue weighted by molar-refractivity contribution is 6.99. The van der Waals surface area contributed by atoms with Gasteiger partial charge >= 0.3 is 7.12 Å². The number of benzene rings is 3. The molecule has 4 nitrogen and oxygen atoms in total. The number of fused-ring (bicyclic) bond motifs is 1. The summed E-state index contributed by atoms with van der Waals surface area (Å²) in [7, 11) is -2.99. The normalized spacial score (nSPS) is 17.3. The Bertz CT molecular complexity index is 1430. The molecule has 3 aromatic carbocycles. The molecular formula is C35H46BNO3Si. The zero-order chi connectivity index (χ0) is 29.7. The van der Waals surface area contributed by atoms with Gasteiger partial charge < -0.3 is 18.7 Å². The van der Waals surface area contributed by atoms with Crippen LogP contribution in [0.4, 0.5) is 0 Å². The molecule has 0 aliphatic carbocycles. The quantitative estimate of drug-likeness (QED) is 0.244. The first kappa shape index (κ1) is 29.8. The average Bonchev–Trinajstić information content (AvgIpc) is 3.39. The third-order valence-corrected chi connectivity index (χ3v) is 14.1. The molecule has 1 N–H and O–H groups in total. The molecule has 2 heterocycles. The molecule has 1 saturated heterocycles. The van der Waals surface area contributed by atoms with Gasteiger partial charge in [0.1, 0.15) is 0 Å². The van der Waals surface area contributed by atoms with E-state index in [1.807, 2.05) is 0 Å². The monoisotopic (exact) mass is 567 g/mol. The molecule has 5 rings (SSSR count). The van der Waals surface area contributed by atoms with Crippen molar-refractivity contribution in [2.75, 3.05) is 6.61 Å². The van der Waals surface area contributed by atoms with Gasteiger partial charge in [-0.2, -0.15) is 0 Å². The molecule has 41 heavy (non-hydrogen) atoms. The fourth-order valence-electron chi connectivity index (χ4n) is 6.10. The molecule has 6 heteroatoms. The third kappa shape index (κ3) is 5.60. The van der Waals surface area contributed by atoms with E-state index in [9.17, 15) is 0 Å². The number of aromatic nitrogens is 1. The van der Waals surface area contributed by atoms with Crippen molar-refractivity contribution in [1.29, 1.82) is 0 Å². The predicted octanol–water partition coefficient (Wildman–Crippen LogP) is 6.61. The fourth-order valence-corrected chi connectivity index (χ4v) is 10.9. The SMILES string of the molecule is CC(C)(CO[Si](c1ccccc1)(c1ccccc1)C(C)(C)C)Cc1c[nH]c2ccc(B3OC(C)(C)C(C)(C)O3)cc12. The van der Waals surface area contributed by atoms with E-state index in [4.69, 9.17) is 13.7 Å². The highest BCUT2D eigenvalue weighted by atomic mass is 28.4. The van der Waals surface area contributed by atoms with E-state index in [0.717, 1.165) is 17.4 Å². The summed E-state index contributed by atoms with van der Waals surface area (Å²) >= 11 is 0. The maximum Gasteiger partial charge on any atom is 0.494 e. The van der Waals surface area contributed by atoms with Crippen LogP contribution >= 0.6 is 0 Å². The Kier molecular flexibility index (Phi) is 7.69. The van der Waals surface area contributed by atoms with Gasteiger partial charge in [-0.25, -0.2) is 0 Å². The van der Waals surface area contributed by atoms with Crippen molar-refractivity contribution < 1.29 is 13.7 Å². The molecule has 0 spiro atoms. The van der Waals surface area contributed by atoms with Gasteiger partial charge in [-0.1, -0.05) is 107 Å².